The zero-order valence-corrected chi connectivity index (χ0v) is 20.4. The van der Waals surface area contributed by atoms with Gasteiger partial charge >= 0.3 is 5.97 Å². The number of ether oxygens (including phenoxy) is 1. The van der Waals surface area contributed by atoms with Gasteiger partial charge in [0, 0.05) is 11.3 Å². The first-order chi connectivity index (χ1) is 16.7. The van der Waals surface area contributed by atoms with Gasteiger partial charge in [0.1, 0.15) is 5.76 Å². The topological polar surface area (TPSA) is 83.9 Å². The minimum Gasteiger partial charge on any atom is -0.507 e. The average molecular weight is 510 g/mol. The molecule has 0 spiro atoms. The Labute approximate surface area is 212 Å². The van der Waals surface area contributed by atoms with Crippen molar-refractivity contribution >= 4 is 52.3 Å². The Kier molecular flexibility index (Phi) is 6.96. The molecule has 1 N–H and O–H groups in total. The molecule has 0 radical (unpaired) electrons. The molecule has 1 saturated heterocycles. The predicted molar refractivity (Wildman–Crippen MR) is 135 cm³/mol. The third-order valence-electron chi connectivity index (χ3n) is 5.91. The van der Waals surface area contributed by atoms with Crippen LogP contribution < -0.4 is 4.90 Å². The van der Waals surface area contributed by atoms with Crippen molar-refractivity contribution in [1.82, 2.24) is 0 Å². The summed E-state index contributed by atoms with van der Waals surface area (Å²) in [6.45, 7) is 1.87. The Morgan fingerprint density at radius 3 is 2.31 bits per heavy atom. The molecule has 0 saturated carbocycles. The molecule has 1 amide bonds. The molecule has 35 heavy (non-hydrogen) atoms. The van der Waals surface area contributed by atoms with Crippen LogP contribution in [-0.4, -0.2) is 29.9 Å². The van der Waals surface area contributed by atoms with E-state index >= 15 is 0 Å². The first-order valence-electron chi connectivity index (χ1n) is 10.7. The van der Waals surface area contributed by atoms with E-state index in [1.54, 1.807) is 30.3 Å². The lowest BCUT2D eigenvalue weighted by atomic mass is 9.92. The standard InChI is InChI=1S/C27H21Cl2NO5/c1-15-5-3-4-6-19(15)24-23(25(32)17-9-12-20(28)21(29)14-17)26(33)27(34)30(24)18-10-7-16(8-11-18)13-22(31)35-2/h3-12,14,24,32H,13H2,1-2H3/b25-23+. The number of anilines is 1. The molecule has 1 unspecified atom stereocenters. The summed E-state index contributed by atoms with van der Waals surface area (Å²) >= 11 is 12.1. The fraction of sp³-hybridized carbons (Fsp3) is 0.148. The minimum absolute atomic E-state index is 0.0543. The van der Waals surface area contributed by atoms with Gasteiger partial charge in [-0.2, -0.15) is 0 Å². The van der Waals surface area contributed by atoms with E-state index < -0.39 is 17.7 Å². The number of rotatable bonds is 5. The number of esters is 1. The maximum Gasteiger partial charge on any atom is 0.309 e. The molecule has 1 fully saturated rings. The van der Waals surface area contributed by atoms with Crippen molar-refractivity contribution in [3.8, 4) is 0 Å². The number of ketones is 1. The van der Waals surface area contributed by atoms with Gasteiger partial charge in [-0.3, -0.25) is 19.3 Å². The molecule has 0 aromatic heterocycles. The summed E-state index contributed by atoms with van der Waals surface area (Å²) in [5.74, 6) is -2.33. The van der Waals surface area contributed by atoms with Crippen LogP contribution in [0.15, 0.2) is 72.3 Å². The third kappa shape index (κ3) is 4.67. The number of aryl methyl sites for hydroxylation is 1. The number of aliphatic hydroxyl groups excluding tert-OH is 1. The van der Waals surface area contributed by atoms with Crippen molar-refractivity contribution in [1.29, 1.82) is 0 Å². The molecular weight excluding hydrogens is 489 g/mol. The lowest BCUT2D eigenvalue weighted by Crippen LogP contribution is -2.29. The smallest absolute Gasteiger partial charge is 0.309 e. The molecular formula is C27H21Cl2NO5. The molecule has 3 aromatic rings. The van der Waals surface area contributed by atoms with Gasteiger partial charge in [-0.1, -0.05) is 59.6 Å². The number of hydrogen-bond acceptors (Lipinski definition) is 5. The average Bonchev–Trinajstić information content (AvgIpc) is 3.11. The maximum atomic E-state index is 13.3. The number of carbonyl (C=O) groups is 3. The zero-order chi connectivity index (χ0) is 25.3. The van der Waals surface area contributed by atoms with Gasteiger partial charge in [0.15, 0.2) is 0 Å². The Balaban J connectivity index is 1.88. The summed E-state index contributed by atoms with van der Waals surface area (Å²) in [4.78, 5) is 39.5. The monoisotopic (exact) mass is 509 g/mol. The number of methoxy groups -OCH3 is 1. The molecule has 4 rings (SSSR count). The Bertz CT molecular complexity index is 1360. The fourth-order valence-electron chi connectivity index (χ4n) is 4.10. The van der Waals surface area contributed by atoms with E-state index in [1.807, 2.05) is 25.1 Å². The van der Waals surface area contributed by atoms with E-state index in [0.29, 0.717) is 21.8 Å². The van der Waals surface area contributed by atoms with Gasteiger partial charge in [0.05, 0.1) is 35.2 Å². The molecule has 0 bridgehead atoms. The van der Waals surface area contributed by atoms with Gasteiger partial charge in [-0.15, -0.1) is 0 Å². The van der Waals surface area contributed by atoms with E-state index in [0.717, 1.165) is 5.56 Å². The highest BCUT2D eigenvalue weighted by Crippen LogP contribution is 2.43. The summed E-state index contributed by atoms with van der Waals surface area (Å²) in [7, 11) is 1.31. The second-order valence-corrected chi connectivity index (χ2v) is 8.89. The van der Waals surface area contributed by atoms with E-state index in [-0.39, 0.29) is 34.3 Å². The number of nitrogens with zero attached hydrogens (tertiary/aromatic N) is 1. The van der Waals surface area contributed by atoms with Crippen LogP contribution in [0.1, 0.15) is 28.3 Å². The molecule has 6 nitrogen and oxygen atoms in total. The fourth-order valence-corrected chi connectivity index (χ4v) is 4.40. The molecule has 178 valence electrons. The molecule has 1 aliphatic rings. The van der Waals surface area contributed by atoms with Crippen LogP contribution in [0.5, 0.6) is 0 Å². The highest BCUT2D eigenvalue weighted by Gasteiger charge is 2.47. The van der Waals surface area contributed by atoms with Gasteiger partial charge in [0.25, 0.3) is 11.7 Å². The number of halogens is 2. The van der Waals surface area contributed by atoms with Gasteiger partial charge in [-0.25, -0.2) is 0 Å². The number of carbonyl (C=O) groups excluding carboxylic acids is 3. The largest absolute Gasteiger partial charge is 0.507 e. The van der Waals surface area contributed by atoms with Gasteiger partial charge in [0.2, 0.25) is 0 Å². The maximum absolute atomic E-state index is 13.3. The Morgan fingerprint density at radius 2 is 1.69 bits per heavy atom. The normalized spacial score (nSPS) is 17.0. The predicted octanol–water partition coefficient (Wildman–Crippen LogP) is 5.64. The molecule has 1 heterocycles. The van der Waals surface area contributed by atoms with Crippen LogP contribution in [0.25, 0.3) is 5.76 Å². The van der Waals surface area contributed by atoms with Crippen molar-refractivity contribution in [2.75, 3.05) is 12.0 Å². The summed E-state index contributed by atoms with van der Waals surface area (Å²) in [5, 5.41) is 11.7. The van der Waals surface area contributed by atoms with Crippen molar-refractivity contribution in [3.63, 3.8) is 0 Å². The van der Waals surface area contributed by atoms with E-state index in [4.69, 9.17) is 27.9 Å². The minimum atomic E-state index is -0.878. The molecule has 8 heteroatoms. The third-order valence-corrected chi connectivity index (χ3v) is 6.65. The van der Waals surface area contributed by atoms with Crippen LogP contribution in [0, 0.1) is 6.92 Å². The van der Waals surface area contributed by atoms with E-state index in [1.165, 1.54) is 30.2 Å². The molecule has 3 aromatic carbocycles. The van der Waals surface area contributed by atoms with Crippen LogP contribution in [0.4, 0.5) is 5.69 Å². The number of aliphatic hydroxyl groups is 1. The summed E-state index contributed by atoms with van der Waals surface area (Å²) in [6, 6.07) is 17.7. The lowest BCUT2D eigenvalue weighted by molar-refractivity contribution is -0.139. The van der Waals surface area contributed by atoms with Crippen LogP contribution in [-0.2, 0) is 25.5 Å². The molecule has 1 atom stereocenters. The Morgan fingerprint density at radius 1 is 1.00 bits per heavy atom. The number of amides is 1. The van der Waals surface area contributed by atoms with Gasteiger partial charge < -0.3 is 9.84 Å². The first kappa shape index (κ1) is 24.5. The number of hydrogen-bond donors (Lipinski definition) is 1. The van der Waals surface area contributed by atoms with Crippen molar-refractivity contribution in [2.45, 2.75) is 19.4 Å². The van der Waals surface area contributed by atoms with Gasteiger partial charge in [-0.05, 0) is 53.9 Å². The number of benzene rings is 3. The van der Waals surface area contributed by atoms with E-state index in [2.05, 4.69) is 0 Å². The number of Topliss-reactive ketones (excluding diaryl/α,β-unsaturated/α-hetero) is 1. The second kappa shape index (κ2) is 9.94. The van der Waals surface area contributed by atoms with E-state index in [9.17, 15) is 19.5 Å². The molecule has 0 aliphatic carbocycles. The van der Waals surface area contributed by atoms with Crippen molar-refractivity contribution in [2.24, 2.45) is 0 Å². The molecule has 1 aliphatic heterocycles. The summed E-state index contributed by atoms with van der Waals surface area (Å²) in [5.41, 5.74) is 2.88. The SMILES string of the molecule is COC(=O)Cc1ccc(N2C(=O)C(=O)/C(=C(/O)c3ccc(Cl)c(Cl)c3)C2c2ccccc2C)cc1. The lowest BCUT2D eigenvalue weighted by Gasteiger charge is -2.26. The Hall–Kier alpha value is -3.61. The van der Waals surface area contributed by atoms with Crippen LogP contribution >= 0.6 is 23.2 Å². The van der Waals surface area contributed by atoms with Crippen molar-refractivity contribution < 1.29 is 24.2 Å². The second-order valence-electron chi connectivity index (χ2n) is 8.07. The highest BCUT2D eigenvalue weighted by atomic mass is 35.5. The van der Waals surface area contributed by atoms with Crippen LogP contribution in [0.3, 0.4) is 0 Å². The van der Waals surface area contributed by atoms with Crippen molar-refractivity contribution in [3.05, 3.63) is 105 Å². The quantitative estimate of drug-likeness (QED) is 0.208. The summed E-state index contributed by atoms with van der Waals surface area (Å²) in [6.07, 6.45) is 0.0775. The highest BCUT2D eigenvalue weighted by molar-refractivity contribution is 6.51. The first-order valence-corrected chi connectivity index (χ1v) is 11.5. The zero-order valence-electron chi connectivity index (χ0n) is 18.9. The summed E-state index contributed by atoms with van der Waals surface area (Å²) < 4.78 is 4.70. The van der Waals surface area contributed by atoms with Crippen LogP contribution in [0.2, 0.25) is 10.0 Å².